The van der Waals surface area contributed by atoms with Gasteiger partial charge in [0, 0.05) is 29.1 Å². The minimum Gasteiger partial charge on any atom is -0.434 e. The molecule has 0 saturated carbocycles. The number of hydrogen-bond donors (Lipinski definition) is 2. The van der Waals surface area contributed by atoms with Gasteiger partial charge in [-0.25, -0.2) is 4.98 Å². The molecule has 1 aromatic carbocycles. The molecule has 2 N–H and O–H groups in total. The van der Waals surface area contributed by atoms with Gasteiger partial charge >= 0.3 is 6.61 Å². The van der Waals surface area contributed by atoms with Crippen LogP contribution in [0.4, 0.5) is 8.78 Å². The minimum absolute atomic E-state index is 0. The van der Waals surface area contributed by atoms with Crippen molar-refractivity contribution >= 4 is 52.9 Å². The van der Waals surface area contributed by atoms with Gasteiger partial charge in [0.2, 0.25) is 0 Å². The number of nitrogens with one attached hydrogen (secondary N) is 2. The molecule has 2 aromatic rings. The van der Waals surface area contributed by atoms with Gasteiger partial charge in [-0.1, -0.05) is 11.6 Å². The Morgan fingerprint density at radius 2 is 2.00 bits per heavy atom. The summed E-state index contributed by atoms with van der Waals surface area (Å²) in [6, 6.07) is 4.51. The van der Waals surface area contributed by atoms with Crippen LogP contribution in [0.15, 0.2) is 23.2 Å². The zero-order valence-corrected chi connectivity index (χ0v) is 18.4. The summed E-state index contributed by atoms with van der Waals surface area (Å²) >= 11 is 7.56. The summed E-state index contributed by atoms with van der Waals surface area (Å²) in [6.07, 6.45) is 0. The van der Waals surface area contributed by atoms with Crippen LogP contribution < -0.4 is 15.4 Å². The lowest BCUT2D eigenvalue weighted by Crippen LogP contribution is -2.36. The Morgan fingerprint density at radius 1 is 1.31 bits per heavy atom. The maximum atomic E-state index is 12.5. The molecule has 0 radical (unpaired) electrons. The Hall–Kier alpha value is -1.20. The minimum atomic E-state index is -2.89. The molecule has 10 heteroatoms. The van der Waals surface area contributed by atoms with Crippen LogP contribution in [0, 0.1) is 13.8 Å². The first-order chi connectivity index (χ1) is 11.9. The number of benzene rings is 1. The van der Waals surface area contributed by atoms with Gasteiger partial charge in [-0.2, -0.15) is 8.78 Å². The molecule has 5 nitrogen and oxygen atoms in total. The van der Waals surface area contributed by atoms with E-state index >= 15 is 0 Å². The molecule has 0 aliphatic rings. The number of alkyl halides is 2. The number of aromatic nitrogens is 1. The Balaban J connectivity index is 0.00000338. The number of rotatable bonds is 6. The van der Waals surface area contributed by atoms with Gasteiger partial charge in [0.25, 0.3) is 0 Å². The highest BCUT2D eigenvalue weighted by atomic mass is 127. The smallest absolute Gasteiger partial charge is 0.387 e. The highest BCUT2D eigenvalue weighted by molar-refractivity contribution is 14.0. The molecule has 0 fully saturated rings. The highest BCUT2D eigenvalue weighted by Crippen LogP contribution is 2.24. The van der Waals surface area contributed by atoms with Crippen molar-refractivity contribution in [3.05, 3.63) is 44.4 Å². The van der Waals surface area contributed by atoms with Gasteiger partial charge in [-0.05, 0) is 32.0 Å². The topological polar surface area (TPSA) is 58.5 Å². The number of nitrogens with zero attached hydrogens (tertiary/aromatic N) is 2. The molecule has 2 rings (SSSR count). The van der Waals surface area contributed by atoms with E-state index in [2.05, 4.69) is 25.3 Å². The lowest BCUT2D eigenvalue weighted by Gasteiger charge is -2.14. The molecular formula is C16H20ClF2IN4OS. The predicted molar refractivity (Wildman–Crippen MR) is 112 cm³/mol. The van der Waals surface area contributed by atoms with E-state index in [-0.39, 0.29) is 36.3 Å². The zero-order valence-electron chi connectivity index (χ0n) is 14.5. The van der Waals surface area contributed by atoms with E-state index < -0.39 is 6.61 Å². The third-order valence-electron chi connectivity index (χ3n) is 3.32. The van der Waals surface area contributed by atoms with Crippen molar-refractivity contribution in [3.8, 4) is 5.75 Å². The van der Waals surface area contributed by atoms with E-state index in [0.717, 1.165) is 15.6 Å². The maximum absolute atomic E-state index is 12.5. The van der Waals surface area contributed by atoms with Crippen LogP contribution in [0.5, 0.6) is 5.75 Å². The summed E-state index contributed by atoms with van der Waals surface area (Å²) in [5, 5.41) is 7.68. The molecule has 0 atom stereocenters. The normalized spacial score (nSPS) is 11.3. The number of aliphatic imine (C=N–C) groups is 1. The molecule has 0 unspecified atom stereocenters. The molecule has 0 saturated heterocycles. The molecule has 144 valence electrons. The number of guanidine groups is 1. The zero-order chi connectivity index (χ0) is 18.4. The number of aryl methyl sites for hydroxylation is 2. The van der Waals surface area contributed by atoms with Crippen LogP contribution in [0.2, 0.25) is 5.02 Å². The molecular weight excluding hydrogens is 497 g/mol. The molecule has 0 amide bonds. The van der Waals surface area contributed by atoms with Gasteiger partial charge in [-0.3, -0.25) is 4.99 Å². The lowest BCUT2D eigenvalue weighted by molar-refractivity contribution is -0.0504. The van der Waals surface area contributed by atoms with Crippen molar-refractivity contribution in [2.75, 3.05) is 7.05 Å². The largest absolute Gasteiger partial charge is 0.434 e. The first kappa shape index (κ1) is 22.8. The quantitative estimate of drug-likeness (QED) is 0.337. The Morgan fingerprint density at radius 3 is 2.58 bits per heavy atom. The van der Waals surface area contributed by atoms with Crippen LogP contribution in [0.3, 0.4) is 0 Å². The summed E-state index contributed by atoms with van der Waals surface area (Å²) < 4.78 is 29.5. The summed E-state index contributed by atoms with van der Waals surface area (Å²) in [5.41, 5.74) is 1.49. The Bertz CT molecular complexity index is 758. The van der Waals surface area contributed by atoms with E-state index in [0.29, 0.717) is 23.1 Å². The van der Waals surface area contributed by atoms with Gasteiger partial charge in [-0.15, -0.1) is 35.3 Å². The van der Waals surface area contributed by atoms with Crippen LogP contribution in [0.25, 0.3) is 0 Å². The van der Waals surface area contributed by atoms with Gasteiger partial charge < -0.3 is 15.4 Å². The third kappa shape index (κ3) is 6.84. The standard InChI is InChI=1S/C16H19ClF2N4OS.HI/c1-9-14(25-10(2)23-9)8-22-16(20-3)21-7-11-6-12(17)4-5-13(11)24-15(18)19;/h4-6,15H,7-8H2,1-3H3,(H2,20,21,22);1H. The van der Waals surface area contributed by atoms with Crippen molar-refractivity contribution < 1.29 is 13.5 Å². The molecule has 0 aliphatic heterocycles. The van der Waals surface area contributed by atoms with Crippen LogP contribution in [-0.4, -0.2) is 24.6 Å². The summed E-state index contributed by atoms with van der Waals surface area (Å²) in [4.78, 5) is 9.61. The van der Waals surface area contributed by atoms with Gasteiger partial charge in [0.05, 0.1) is 17.2 Å². The van der Waals surface area contributed by atoms with Gasteiger partial charge in [0.15, 0.2) is 5.96 Å². The van der Waals surface area contributed by atoms with E-state index in [1.165, 1.54) is 12.1 Å². The highest BCUT2D eigenvalue weighted by Gasteiger charge is 2.11. The second-order valence-electron chi connectivity index (χ2n) is 5.15. The molecule has 26 heavy (non-hydrogen) atoms. The summed E-state index contributed by atoms with van der Waals surface area (Å²) in [7, 11) is 1.63. The summed E-state index contributed by atoms with van der Waals surface area (Å²) in [6.45, 7) is 1.83. The monoisotopic (exact) mass is 516 g/mol. The van der Waals surface area contributed by atoms with Crippen molar-refractivity contribution in [1.82, 2.24) is 15.6 Å². The van der Waals surface area contributed by atoms with Gasteiger partial charge in [0.1, 0.15) is 5.75 Å². The Labute approximate surface area is 177 Å². The number of thiazole rings is 1. The molecule has 0 aliphatic carbocycles. The fourth-order valence-electron chi connectivity index (χ4n) is 2.20. The van der Waals surface area contributed by atoms with E-state index in [4.69, 9.17) is 11.6 Å². The molecule has 1 heterocycles. The van der Waals surface area contributed by atoms with E-state index in [1.807, 2.05) is 13.8 Å². The number of ether oxygens (including phenoxy) is 1. The fraction of sp³-hybridized carbons (Fsp3) is 0.375. The van der Waals surface area contributed by atoms with Crippen LogP contribution in [-0.2, 0) is 13.1 Å². The van der Waals surface area contributed by atoms with Crippen molar-refractivity contribution in [2.45, 2.75) is 33.5 Å². The Kier molecular flexibility index (Phi) is 9.51. The van der Waals surface area contributed by atoms with Crippen molar-refractivity contribution in [1.29, 1.82) is 0 Å². The average molecular weight is 517 g/mol. The predicted octanol–water partition coefficient (Wildman–Crippen LogP) is 4.50. The van der Waals surface area contributed by atoms with E-state index in [1.54, 1.807) is 24.5 Å². The maximum Gasteiger partial charge on any atom is 0.387 e. The lowest BCUT2D eigenvalue weighted by atomic mass is 10.2. The third-order valence-corrected chi connectivity index (χ3v) is 4.63. The van der Waals surface area contributed by atoms with Crippen molar-refractivity contribution in [3.63, 3.8) is 0 Å². The molecule has 0 spiro atoms. The average Bonchev–Trinajstić information content (AvgIpc) is 2.87. The van der Waals surface area contributed by atoms with E-state index in [9.17, 15) is 8.78 Å². The fourth-order valence-corrected chi connectivity index (χ4v) is 3.27. The second-order valence-corrected chi connectivity index (χ2v) is 6.88. The first-order valence-corrected chi connectivity index (χ1v) is 8.69. The summed E-state index contributed by atoms with van der Waals surface area (Å²) in [5.74, 6) is 0.615. The van der Waals surface area contributed by atoms with Crippen molar-refractivity contribution in [2.24, 2.45) is 4.99 Å². The SMILES string of the molecule is CN=C(NCc1cc(Cl)ccc1OC(F)F)NCc1sc(C)nc1C.I. The number of halogens is 4. The second kappa shape index (κ2) is 10.8. The molecule has 0 bridgehead atoms. The van der Waals surface area contributed by atoms with Crippen LogP contribution in [0.1, 0.15) is 21.1 Å². The number of hydrogen-bond acceptors (Lipinski definition) is 4. The van der Waals surface area contributed by atoms with Crippen LogP contribution >= 0.6 is 46.9 Å². The first-order valence-electron chi connectivity index (χ1n) is 7.49. The molecule has 1 aromatic heterocycles.